The zero-order valence-corrected chi connectivity index (χ0v) is 79.2. The van der Waals surface area contributed by atoms with Gasteiger partial charge < -0.3 is 0 Å². The van der Waals surface area contributed by atoms with Gasteiger partial charge in [0.25, 0.3) is 0 Å². The van der Waals surface area contributed by atoms with E-state index >= 15 is 0 Å². The quantitative estimate of drug-likeness (QED) is 0.0677. The van der Waals surface area contributed by atoms with E-state index in [1.807, 2.05) is 0 Å². The first-order valence-corrected chi connectivity index (χ1v) is 54.2. The predicted octanol–water partition coefficient (Wildman–Crippen LogP) is 23.1. The molecule has 105 heavy (non-hydrogen) atoms. The maximum Gasteiger partial charge on any atom is 0.212 e. The van der Waals surface area contributed by atoms with Gasteiger partial charge in [-0.25, -0.2) is 18.3 Å². The van der Waals surface area contributed by atoms with Crippen LogP contribution >= 0.6 is 0 Å². The standard InChI is InChI=1S/C26H42NSi.C25H40NSi.C24H38NSi.C22H34NSi/c1-11-20(12-2)21-14-13-19(3)23(15-21)24-16-25(28(8,9)10)22(18-27(24)7)17-26(4,5)6;1-18-12-13-20(25(5,6)7)14-21(18)22-15-23(27(9,10)11)19(17-26(22)8)16-24(2,3)4;1-17(2)19-11-12-21(18(3)13-19)22-14-23(26(8,9)10)20(16-25(22)7)15-24(4,5)6;1-16-10-11-19(17(2)12-16)20-13-21(24(7,8)9)18(15-23(20)6)14-22(3,4)5/h13-16,18,20H,11-12,17H2,1-10H3;12-15,17H,16H2,1-11H3;11-14,16-17H,15H2,1-10H3;10-13,15H,14H2,1-9H3/q4*+1. The van der Waals surface area contributed by atoms with Gasteiger partial charge in [0.1, 0.15) is 28.2 Å². The van der Waals surface area contributed by atoms with Crippen molar-refractivity contribution in [2.45, 2.75) is 301 Å². The Morgan fingerprint density at radius 3 is 0.876 bits per heavy atom. The number of rotatable bonds is 16. The molecule has 8 rings (SSSR count). The van der Waals surface area contributed by atoms with Crippen molar-refractivity contribution in [1.29, 1.82) is 0 Å². The van der Waals surface area contributed by atoms with Gasteiger partial charge in [-0.15, -0.1) is 0 Å². The second kappa shape index (κ2) is 34.5. The van der Waals surface area contributed by atoms with Crippen LogP contribution in [0.1, 0.15) is 223 Å². The molecular weight excluding hydrogens is 1330 g/mol. The van der Waals surface area contributed by atoms with Gasteiger partial charge in [-0.3, -0.25) is 0 Å². The average Bonchev–Trinajstić information content (AvgIpc) is 0.792. The molecule has 0 saturated heterocycles. The zero-order valence-electron chi connectivity index (χ0n) is 75.2. The molecule has 0 atom stereocenters. The second-order valence-corrected chi connectivity index (χ2v) is 62.4. The van der Waals surface area contributed by atoms with E-state index in [-0.39, 0.29) is 5.41 Å². The molecule has 0 bridgehead atoms. The van der Waals surface area contributed by atoms with Crippen LogP contribution in [-0.4, -0.2) is 32.3 Å². The van der Waals surface area contributed by atoms with E-state index < -0.39 is 32.3 Å². The van der Waals surface area contributed by atoms with E-state index in [1.165, 1.54) is 125 Å². The fourth-order valence-corrected chi connectivity index (χ4v) is 22.0. The highest BCUT2D eigenvalue weighted by Crippen LogP contribution is 2.34. The van der Waals surface area contributed by atoms with Gasteiger partial charge in [0.2, 0.25) is 22.8 Å². The number of hydrogen-bond donors (Lipinski definition) is 0. The van der Waals surface area contributed by atoms with Gasteiger partial charge in [0.15, 0.2) is 24.8 Å². The minimum atomic E-state index is -1.45. The summed E-state index contributed by atoms with van der Waals surface area (Å²) in [5, 5.41) is 6.42. The van der Waals surface area contributed by atoms with Crippen LogP contribution in [0.5, 0.6) is 0 Å². The summed E-state index contributed by atoms with van der Waals surface area (Å²) in [5.74, 6) is 1.23. The van der Waals surface area contributed by atoms with Gasteiger partial charge in [-0.2, -0.15) is 0 Å². The minimum Gasteiger partial charge on any atom is -0.201 e. The molecule has 8 aromatic rings. The Kier molecular flexibility index (Phi) is 29.6. The summed E-state index contributed by atoms with van der Waals surface area (Å²) in [4.78, 5) is 0. The fourth-order valence-electron chi connectivity index (χ4n) is 15.3. The lowest BCUT2D eigenvalue weighted by Gasteiger charge is -2.26. The highest BCUT2D eigenvalue weighted by Gasteiger charge is 2.34. The molecule has 4 nitrogen and oxygen atoms in total. The van der Waals surface area contributed by atoms with Crippen molar-refractivity contribution < 1.29 is 18.3 Å². The molecule has 0 aliphatic carbocycles. The number of aryl methyl sites for hydroxylation is 9. The Labute approximate surface area is 650 Å². The smallest absolute Gasteiger partial charge is 0.201 e. The molecule has 0 saturated carbocycles. The molecule has 4 heterocycles. The van der Waals surface area contributed by atoms with Crippen molar-refractivity contribution >= 4 is 53.0 Å². The summed E-state index contributed by atoms with van der Waals surface area (Å²) >= 11 is 0. The van der Waals surface area contributed by atoms with Gasteiger partial charge in [-0.05, 0) is 196 Å². The van der Waals surface area contributed by atoms with Crippen LogP contribution in [-0.2, 0) is 59.3 Å². The van der Waals surface area contributed by atoms with Gasteiger partial charge in [0.05, 0.1) is 32.3 Å². The molecule has 0 unspecified atom stereocenters. The molecule has 0 N–H and O–H groups in total. The number of pyridine rings is 4. The monoisotopic (exact) mass is 1490 g/mol. The summed E-state index contributed by atoms with van der Waals surface area (Å²) in [7, 11) is 3.10. The van der Waals surface area contributed by atoms with Crippen molar-refractivity contribution in [3.8, 4) is 45.0 Å². The van der Waals surface area contributed by atoms with E-state index in [4.69, 9.17) is 0 Å². The van der Waals surface area contributed by atoms with Crippen molar-refractivity contribution in [2.24, 2.45) is 49.9 Å². The highest BCUT2D eigenvalue weighted by atomic mass is 28.3. The van der Waals surface area contributed by atoms with E-state index in [0.717, 1.165) is 25.7 Å². The molecule has 0 radical (unpaired) electrons. The lowest BCUT2D eigenvalue weighted by Crippen LogP contribution is -2.45. The predicted molar refractivity (Wildman–Crippen MR) is 477 cm³/mol. The first kappa shape index (κ1) is 90.0. The van der Waals surface area contributed by atoms with Crippen LogP contribution < -0.4 is 39.0 Å². The topological polar surface area (TPSA) is 15.5 Å². The summed E-state index contributed by atoms with van der Waals surface area (Å²) in [6.45, 7) is 84.8. The van der Waals surface area contributed by atoms with Crippen LogP contribution in [0.15, 0.2) is 122 Å². The van der Waals surface area contributed by atoms with Crippen molar-refractivity contribution in [3.63, 3.8) is 0 Å². The van der Waals surface area contributed by atoms with Crippen LogP contribution in [0.4, 0.5) is 0 Å². The van der Waals surface area contributed by atoms with Crippen molar-refractivity contribution in [2.75, 3.05) is 0 Å². The Balaban J connectivity index is 0.000000252. The Hall–Kier alpha value is -5.65. The van der Waals surface area contributed by atoms with Crippen LogP contribution in [0.2, 0.25) is 78.6 Å². The Morgan fingerprint density at radius 2 is 0.600 bits per heavy atom. The van der Waals surface area contributed by atoms with Crippen molar-refractivity contribution in [3.05, 3.63) is 189 Å². The van der Waals surface area contributed by atoms with E-state index in [1.54, 1.807) is 20.7 Å². The number of hydrogen-bond acceptors (Lipinski definition) is 0. The third-order valence-corrected chi connectivity index (χ3v) is 29.1. The van der Waals surface area contributed by atoms with Crippen LogP contribution in [0.3, 0.4) is 0 Å². The maximum absolute atomic E-state index is 2.52. The molecule has 0 aliphatic rings. The molecule has 8 heteroatoms. The molecule has 0 spiro atoms. The first-order chi connectivity index (χ1) is 47.6. The molecule has 4 aromatic carbocycles. The third kappa shape index (κ3) is 25.7. The van der Waals surface area contributed by atoms with E-state index in [0.29, 0.717) is 33.5 Å². The summed E-state index contributed by atoms with van der Waals surface area (Å²) in [5.41, 5.74) is 29.4. The number of nitrogens with zero attached hydrogens (tertiary/aromatic N) is 4. The van der Waals surface area contributed by atoms with Crippen LogP contribution in [0.25, 0.3) is 45.0 Å². The largest absolute Gasteiger partial charge is 0.212 e. The van der Waals surface area contributed by atoms with E-state index in [2.05, 4.69) is 413 Å². The van der Waals surface area contributed by atoms with Gasteiger partial charge in [0, 0.05) is 68.8 Å². The third-order valence-electron chi connectivity index (χ3n) is 20.8. The lowest BCUT2D eigenvalue weighted by atomic mass is 9.84. The summed E-state index contributed by atoms with van der Waals surface area (Å²) in [6.07, 6.45) is 16.5. The lowest BCUT2D eigenvalue weighted by molar-refractivity contribution is -0.660. The molecule has 0 aliphatic heterocycles. The Morgan fingerprint density at radius 1 is 0.314 bits per heavy atom. The SMILES string of the molecule is CCC(CC)c1ccc(C)c(-c2cc([Si](C)(C)C)c(CC(C)(C)C)c[n+]2C)c1.Cc1cc(C(C)C)ccc1-c1cc([Si](C)(C)C)c(CC(C)(C)C)c[n+]1C.Cc1ccc(-c2cc([Si](C)(C)C)c(CC(C)(C)C)c[n+]2C)c(C)c1.Cc1ccc(C(C)(C)C)cc1-c1cc([Si](C)(C)C)c(CC(C)(C)C)c[n+]1C. The highest BCUT2D eigenvalue weighted by molar-refractivity contribution is 6.90. The Bertz CT molecular complexity index is 4280. The van der Waals surface area contributed by atoms with E-state index in [9.17, 15) is 0 Å². The molecular formula is C97H154N4Si4+4. The van der Waals surface area contributed by atoms with Gasteiger partial charge >= 0.3 is 0 Å². The molecule has 4 aromatic heterocycles. The molecule has 0 fully saturated rings. The molecule has 0 amide bonds. The second-order valence-electron chi connectivity index (χ2n) is 42.2. The number of benzene rings is 4. The van der Waals surface area contributed by atoms with Crippen LogP contribution in [0, 0.1) is 56.3 Å². The summed E-state index contributed by atoms with van der Waals surface area (Å²) in [6, 6.07) is 37.8. The number of aromatic nitrogens is 4. The first-order valence-electron chi connectivity index (χ1n) is 40.2. The zero-order chi connectivity index (χ0) is 80.2. The van der Waals surface area contributed by atoms with Crippen molar-refractivity contribution in [1.82, 2.24) is 0 Å². The molecule has 574 valence electrons. The average molecular weight is 1490 g/mol. The van der Waals surface area contributed by atoms with Gasteiger partial charge in [-0.1, -0.05) is 264 Å². The maximum atomic E-state index is 2.52. The minimum absolute atomic E-state index is 0.162. The normalized spacial score (nSPS) is 12.8. The summed E-state index contributed by atoms with van der Waals surface area (Å²) < 4.78 is 9.37. The fraction of sp³-hybridized carbons (Fsp3) is 0.546.